The number of hydrogen-bond acceptors (Lipinski definition) is 7. The fourth-order valence-corrected chi connectivity index (χ4v) is 4.59. The maximum atomic E-state index is 13.4. The van der Waals surface area contributed by atoms with Gasteiger partial charge in [0.15, 0.2) is 10.2 Å². The van der Waals surface area contributed by atoms with Gasteiger partial charge in [0.1, 0.15) is 29.3 Å². The highest BCUT2D eigenvalue weighted by Gasteiger charge is 2.35. The highest BCUT2D eigenvalue weighted by Crippen LogP contribution is 2.27. The van der Waals surface area contributed by atoms with Crippen LogP contribution in [-0.2, 0) is 19.2 Å². The first-order valence-corrected chi connectivity index (χ1v) is 12.9. The van der Waals surface area contributed by atoms with Gasteiger partial charge >= 0.3 is 5.97 Å². The molecule has 3 amide bonds. The SMILES string of the molecule is O=C(O)CN1C(=O)/C(=C/c2ccc(/C=C3\C(=O)NC(=S)N(c4ccc(Oc5ccccc5)cc4)C3=O)cc2)NC1=S. The standard InChI is InChI=1S/C29H20N4O6S2/c34-24(35)16-32-27(38)23(30-28(32)40)15-18-8-6-17(7-9-18)14-22-25(36)31-29(41)33(26(22)37)19-10-12-21(13-11-19)39-20-4-2-1-3-5-20/h1-15H,16H2,(H,30,40)(H,34,35)(H,31,36,41)/b22-14+,23-15-. The molecule has 204 valence electrons. The molecule has 5 rings (SSSR count). The lowest BCUT2D eigenvalue weighted by molar-refractivity contribution is -0.140. The van der Waals surface area contributed by atoms with Gasteiger partial charge in [-0.05, 0) is 84.1 Å². The Kier molecular flexibility index (Phi) is 7.68. The first-order valence-electron chi connectivity index (χ1n) is 12.1. The fraction of sp³-hybridized carbons (Fsp3) is 0.0345. The number of anilines is 1. The van der Waals surface area contributed by atoms with Gasteiger partial charge in [-0.25, -0.2) is 0 Å². The lowest BCUT2D eigenvalue weighted by Crippen LogP contribution is -2.54. The number of aliphatic carboxylic acids is 1. The molecule has 0 aromatic heterocycles. The van der Waals surface area contributed by atoms with Crippen molar-refractivity contribution in [3.05, 3.63) is 101 Å². The number of carbonyl (C=O) groups is 4. The normalized spacial score (nSPS) is 17.2. The Labute approximate surface area is 244 Å². The van der Waals surface area contributed by atoms with Gasteiger partial charge in [0, 0.05) is 0 Å². The Balaban J connectivity index is 1.33. The molecule has 2 aliphatic rings. The number of ether oxygens (including phenoxy) is 1. The van der Waals surface area contributed by atoms with Gasteiger partial charge < -0.3 is 15.2 Å². The molecule has 3 aromatic rings. The maximum absolute atomic E-state index is 13.4. The summed E-state index contributed by atoms with van der Waals surface area (Å²) in [6.45, 7) is -0.545. The molecule has 12 heteroatoms. The van der Waals surface area contributed by atoms with E-state index in [2.05, 4.69) is 10.6 Å². The number of rotatable bonds is 7. The van der Waals surface area contributed by atoms with E-state index in [0.717, 1.165) is 4.90 Å². The van der Waals surface area contributed by atoms with Gasteiger partial charge in [0.05, 0.1) is 5.69 Å². The monoisotopic (exact) mass is 584 g/mol. The Bertz CT molecular complexity index is 1650. The largest absolute Gasteiger partial charge is 0.480 e. The van der Waals surface area contributed by atoms with Crippen LogP contribution in [-0.4, -0.2) is 50.5 Å². The minimum atomic E-state index is -1.18. The zero-order valence-electron chi connectivity index (χ0n) is 21.1. The van der Waals surface area contributed by atoms with Crippen LogP contribution in [0, 0.1) is 0 Å². The minimum absolute atomic E-state index is 0.00709. The summed E-state index contributed by atoms with van der Waals surface area (Å²) in [4.78, 5) is 51.7. The van der Waals surface area contributed by atoms with E-state index in [9.17, 15) is 19.2 Å². The summed E-state index contributed by atoms with van der Waals surface area (Å²) in [5.41, 5.74) is 1.64. The highest BCUT2D eigenvalue weighted by atomic mass is 32.1. The predicted molar refractivity (Wildman–Crippen MR) is 159 cm³/mol. The van der Waals surface area contributed by atoms with Gasteiger partial charge in [-0.2, -0.15) is 0 Å². The van der Waals surface area contributed by atoms with Crippen molar-refractivity contribution in [2.24, 2.45) is 0 Å². The third kappa shape index (κ3) is 6.03. The average molecular weight is 585 g/mol. The van der Waals surface area contributed by atoms with Gasteiger partial charge in [0.2, 0.25) is 0 Å². The maximum Gasteiger partial charge on any atom is 0.323 e. The lowest BCUT2D eigenvalue weighted by atomic mass is 10.0. The smallest absolute Gasteiger partial charge is 0.323 e. The van der Waals surface area contributed by atoms with Gasteiger partial charge in [-0.15, -0.1) is 0 Å². The number of carboxylic acid groups (broad SMARTS) is 1. The molecule has 0 unspecified atom stereocenters. The Morgan fingerprint density at radius 2 is 1.39 bits per heavy atom. The van der Waals surface area contributed by atoms with Crippen LogP contribution in [0.25, 0.3) is 12.2 Å². The van der Waals surface area contributed by atoms with Crippen molar-refractivity contribution in [2.45, 2.75) is 0 Å². The topological polar surface area (TPSA) is 128 Å². The molecule has 0 spiro atoms. The summed E-state index contributed by atoms with van der Waals surface area (Å²) < 4.78 is 5.80. The average Bonchev–Trinajstić information content (AvgIpc) is 3.20. The van der Waals surface area contributed by atoms with E-state index < -0.39 is 30.2 Å². The molecule has 0 aliphatic carbocycles. The van der Waals surface area contributed by atoms with Crippen molar-refractivity contribution in [2.75, 3.05) is 11.4 Å². The van der Waals surface area contributed by atoms with Gasteiger partial charge in [-0.1, -0.05) is 42.5 Å². The van der Waals surface area contributed by atoms with E-state index in [4.69, 9.17) is 34.3 Å². The molecule has 10 nitrogen and oxygen atoms in total. The summed E-state index contributed by atoms with van der Waals surface area (Å²) in [5, 5.41) is 14.2. The van der Waals surface area contributed by atoms with Gasteiger partial charge in [0.25, 0.3) is 17.7 Å². The number of hydrogen-bond donors (Lipinski definition) is 3. The second-order valence-electron chi connectivity index (χ2n) is 8.81. The zero-order valence-corrected chi connectivity index (χ0v) is 22.7. The quantitative estimate of drug-likeness (QED) is 0.217. The zero-order chi connectivity index (χ0) is 29.1. The van der Waals surface area contributed by atoms with Gasteiger partial charge in [-0.3, -0.25) is 34.3 Å². The molecule has 3 aromatic carbocycles. The van der Waals surface area contributed by atoms with E-state index >= 15 is 0 Å². The molecule has 3 N–H and O–H groups in total. The van der Waals surface area contributed by atoms with Crippen LogP contribution in [0.5, 0.6) is 11.5 Å². The molecule has 0 bridgehead atoms. The van der Waals surface area contributed by atoms with Crippen LogP contribution >= 0.6 is 24.4 Å². The van der Waals surface area contributed by atoms with Crippen molar-refractivity contribution in [3.63, 3.8) is 0 Å². The molecule has 41 heavy (non-hydrogen) atoms. The summed E-state index contributed by atoms with van der Waals surface area (Å²) in [6, 6.07) is 22.7. The van der Waals surface area contributed by atoms with E-state index in [-0.39, 0.29) is 21.5 Å². The van der Waals surface area contributed by atoms with E-state index in [1.807, 2.05) is 30.3 Å². The molecule has 0 radical (unpaired) electrons. The van der Waals surface area contributed by atoms with E-state index in [1.165, 1.54) is 17.1 Å². The first-order chi connectivity index (χ1) is 19.7. The molecular weight excluding hydrogens is 564 g/mol. The van der Waals surface area contributed by atoms with E-state index in [1.54, 1.807) is 48.5 Å². The fourth-order valence-electron chi connectivity index (χ4n) is 4.05. The Morgan fingerprint density at radius 1 is 0.780 bits per heavy atom. The molecular formula is C29H20N4O6S2. The second kappa shape index (κ2) is 11.5. The Hall–Kier alpha value is -5.20. The minimum Gasteiger partial charge on any atom is -0.480 e. The van der Waals surface area contributed by atoms with Crippen LogP contribution in [0.15, 0.2) is 90.1 Å². The van der Waals surface area contributed by atoms with E-state index in [0.29, 0.717) is 28.3 Å². The highest BCUT2D eigenvalue weighted by molar-refractivity contribution is 7.80. The van der Waals surface area contributed by atoms with Crippen LogP contribution in [0.1, 0.15) is 11.1 Å². The predicted octanol–water partition coefficient (Wildman–Crippen LogP) is 3.45. The summed E-state index contributed by atoms with van der Waals surface area (Å²) >= 11 is 10.3. The number of amides is 3. The number of thiocarbonyl (C=S) groups is 2. The van der Waals surface area contributed by atoms with Crippen molar-refractivity contribution in [1.82, 2.24) is 15.5 Å². The molecule has 0 atom stereocenters. The summed E-state index contributed by atoms with van der Waals surface area (Å²) in [7, 11) is 0. The van der Waals surface area contributed by atoms with Crippen molar-refractivity contribution in [3.8, 4) is 11.5 Å². The summed E-state index contributed by atoms with van der Waals surface area (Å²) in [5.74, 6) is -1.72. The van der Waals surface area contributed by atoms with Crippen molar-refractivity contribution < 1.29 is 29.0 Å². The number of nitrogens with zero attached hydrogens (tertiary/aromatic N) is 2. The van der Waals surface area contributed by atoms with Crippen LogP contribution in [0.4, 0.5) is 5.69 Å². The van der Waals surface area contributed by atoms with Crippen LogP contribution in [0.2, 0.25) is 0 Å². The first kappa shape index (κ1) is 27.4. The van der Waals surface area contributed by atoms with Crippen molar-refractivity contribution >= 4 is 76.2 Å². The number of carbonyl (C=O) groups excluding carboxylic acids is 3. The van der Waals surface area contributed by atoms with Crippen LogP contribution < -0.4 is 20.3 Å². The number of benzene rings is 3. The number of para-hydroxylation sites is 1. The number of nitrogens with one attached hydrogen (secondary N) is 2. The van der Waals surface area contributed by atoms with Crippen LogP contribution in [0.3, 0.4) is 0 Å². The van der Waals surface area contributed by atoms with Crippen molar-refractivity contribution in [1.29, 1.82) is 0 Å². The molecule has 2 aliphatic heterocycles. The Morgan fingerprint density at radius 3 is 2.02 bits per heavy atom. The molecule has 0 saturated carbocycles. The third-order valence-corrected chi connectivity index (χ3v) is 6.60. The number of carboxylic acids is 1. The lowest BCUT2D eigenvalue weighted by Gasteiger charge is -2.29. The summed E-state index contributed by atoms with van der Waals surface area (Å²) in [6.07, 6.45) is 2.97. The third-order valence-electron chi connectivity index (χ3n) is 5.99. The second-order valence-corrected chi connectivity index (χ2v) is 9.58. The molecule has 2 heterocycles. The molecule has 2 saturated heterocycles. The molecule has 2 fully saturated rings.